The summed E-state index contributed by atoms with van der Waals surface area (Å²) in [4.78, 5) is 28.9. The van der Waals surface area contributed by atoms with E-state index in [-0.39, 0.29) is 17.9 Å². The molecule has 1 atom stereocenters. The number of primary amides is 1. The zero-order valence-electron chi connectivity index (χ0n) is 13.4. The first-order valence-corrected chi connectivity index (χ1v) is 7.54. The Kier molecular flexibility index (Phi) is 7.63. The van der Waals surface area contributed by atoms with Crippen LogP contribution in [0, 0.1) is 0 Å². The lowest BCUT2D eigenvalue weighted by molar-refractivity contribution is -0.144. The van der Waals surface area contributed by atoms with Crippen molar-refractivity contribution in [3.63, 3.8) is 0 Å². The highest BCUT2D eigenvalue weighted by molar-refractivity contribution is 5.79. The van der Waals surface area contributed by atoms with E-state index < -0.39 is 0 Å². The van der Waals surface area contributed by atoms with Gasteiger partial charge >= 0.3 is 5.97 Å². The van der Waals surface area contributed by atoms with Crippen LogP contribution in [0.4, 0.5) is 0 Å². The van der Waals surface area contributed by atoms with E-state index in [1.807, 2.05) is 25.8 Å². The third-order valence-electron chi connectivity index (χ3n) is 3.96. The van der Waals surface area contributed by atoms with Crippen molar-refractivity contribution in [2.45, 2.75) is 19.9 Å². The number of hydrogen-bond acceptors (Lipinski definition) is 6. The maximum atomic E-state index is 11.4. The van der Waals surface area contributed by atoms with E-state index >= 15 is 0 Å². The lowest BCUT2D eigenvalue weighted by Gasteiger charge is -2.35. The second kappa shape index (κ2) is 8.96. The van der Waals surface area contributed by atoms with Gasteiger partial charge in [0.1, 0.15) is 0 Å². The van der Waals surface area contributed by atoms with Crippen LogP contribution >= 0.6 is 0 Å². The monoisotopic (exact) mass is 300 g/mol. The molecule has 7 heteroatoms. The lowest BCUT2D eigenvalue weighted by Crippen LogP contribution is -2.50. The van der Waals surface area contributed by atoms with Gasteiger partial charge in [0.2, 0.25) is 5.91 Å². The standard InChI is InChI=1S/C14H28N4O3/c1-4-21-13(19)11-18-9-7-17(8-10-18)6-5-16(3)12(2)14(15)20/h12H,4-11H2,1-3H3,(H2,15,20)/t12-/m0/s1. The minimum absolute atomic E-state index is 0.152. The molecule has 0 aromatic rings. The molecule has 1 saturated heterocycles. The highest BCUT2D eigenvalue weighted by Gasteiger charge is 2.20. The van der Waals surface area contributed by atoms with Crippen LogP contribution in [0.1, 0.15) is 13.8 Å². The number of hydrogen-bond donors (Lipinski definition) is 1. The molecule has 2 N–H and O–H groups in total. The summed E-state index contributed by atoms with van der Waals surface area (Å²) >= 11 is 0. The Morgan fingerprint density at radius 2 is 1.81 bits per heavy atom. The van der Waals surface area contributed by atoms with Crippen molar-refractivity contribution in [1.29, 1.82) is 0 Å². The van der Waals surface area contributed by atoms with Gasteiger partial charge in [0, 0.05) is 39.3 Å². The molecule has 122 valence electrons. The summed E-state index contributed by atoms with van der Waals surface area (Å²) in [6.07, 6.45) is 0. The van der Waals surface area contributed by atoms with Crippen molar-refractivity contribution < 1.29 is 14.3 Å². The van der Waals surface area contributed by atoms with Gasteiger partial charge in [0.15, 0.2) is 0 Å². The number of piperazine rings is 1. The molecular formula is C14H28N4O3. The highest BCUT2D eigenvalue weighted by atomic mass is 16.5. The van der Waals surface area contributed by atoms with E-state index in [1.165, 1.54) is 0 Å². The largest absolute Gasteiger partial charge is 0.465 e. The number of likely N-dealkylation sites (N-methyl/N-ethyl adjacent to an activating group) is 1. The van der Waals surface area contributed by atoms with Crippen LogP contribution < -0.4 is 5.73 Å². The Hall–Kier alpha value is -1.18. The average molecular weight is 300 g/mol. The fourth-order valence-electron chi connectivity index (χ4n) is 2.27. The summed E-state index contributed by atoms with van der Waals surface area (Å²) in [6, 6.07) is -0.241. The predicted molar refractivity (Wildman–Crippen MR) is 80.8 cm³/mol. The minimum atomic E-state index is -0.295. The van der Waals surface area contributed by atoms with Gasteiger partial charge in [-0.1, -0.05) is 0 Å². The molecule has 7 nitrogen and oxygen atoms in total. The van der Waals surface area contributed by atoms with Crippen molar-refractivity contribution in [2.75, 3.05) is 59.5 Å². The summed E-state index contributed by atoms with van der Waals surface area (Å²) in [5.41, 5.74) is 5.29. The summed E-state index contributed by atoms with van der Waals surface area (Å²) in [6.45, 7) is 9.75. The smallest absolute Gasteiger partial charge is 0.320 e. The molecule has 0 spiro atoms. The van der Waals surface area contributed by atoms with Gasteiger partial charge in [-0.25, -0.2) is 0 Å². The van der Waals surface area contributed by atoms with E-state index in [0.717, 1.165) is 39.3 Å². The van der Waals surface area contributed by atoms with Gasteiger partial charge in [0.05, 0.1) is 19.2 Å². The molecule has 0 unspecified atom stereocenters. The number of carbonyl (C=O) groups is 2. The molecule has 0 aromatic heterocycles. The van der Waals surface area contributed by atoms with E-state index in [1.54, 1.807) is 0 Å². The molecule has 0 bridgehead atoms. The Labute approximate surface area is 127 Å². The molecule has 1 rings (SSSR count). The van der Waals surface area contributed by atoms with Gasteiger partial charge in [-0.15, -0.1) is 0 Å². The van der Waals surface area contributed by atoms with Crippen molar-refractivity contribution in [3.8, 4) is 0 Å². The summed E-state index contributed by atoms with van der Waals surface area (Å²) in [5.74, 6) is -0.447. The first kappa shape index (κ1) is 17.9. The molecule has 1 aliphatic heterocycles. The van der Waals surface area contributed by atoms with Crippen molar-refractivity contribution in [1.82, 2.24) is 14.7 Å². The van der Waals surface area contributed by atoms with Crippen LogP contribution in [-0.4, -0.2) is 92.1 Å². The molecular weight excluding hydrogens is 272 g/mol. The first-order valence-electron chi connectivity index (χ1n) is 7.54. The van der Waals surface area contributed by atoms with E-state index in [2.05, 4.69) is 9.80 Å². The number of nitrogens with two attached hydrogens (primary N) is 1. The molecule has 1 heterocycles. The molecule has 0 saturated carbocycles. The summed E-state index contributed by atoms with van der Waals surface area (Å²) in [7, 11) is 1.91. The van der Waals surface area contributed by atoms with E-state index in [4.69, 9.17) is 10.5 Å². The predicted octanol–water partition coefficient (Wildman–Crippen LogP) is -1.03. The van der Waals surface area contributed by atoms with Crippen molar-refractivity contribution in [2.24, 2.45) is 5.73 Å². The van der Waals surface area contributed by atoms with E-state index in [0.29, 0.717) is 13.2 Å². The number of rotatable bonds is 8. The second-order valence-corrected chi connectivity index (χ2v) is 5.48. The molecule has 1 amide bonds. The number of nitrogens with zero attached hydrogens (tertiary/aromatic N) is 3. The summed E-state index contributed by atoms with van der Waals surface area (Å²) in [5, 5.41) is 0. The maximum absolute atomic E-state index is 11.4. The third-order valence-corrected chi connectivity index (χ3v) is 3.96. The summed E-state index contributed by atoms with van der Waals surface area (Å²) < 4.78 is 4.95. The minimum Gasteiger partial charge on any atom is -0.465 e. The van der Waals surface area contributed by atoms with Crippen LogP contribution in [0.5, 0.6) is 0 Å². The van der Waals surface area contributed by atoms with Crippen LogP contribution in [-0.2, 0) is 14.3 Å². The number of amides is 1. The van der Waals surface area contributed by atoms with Crippen molar-refractivity contribution >= 4 is 11.9 Å². The molecule has 1 fully saturated rings. The molecule has 0 radical (unpaired) electrons. The van der Waals surface area contributed by atoms with Gasteiger partial charge in [0.25, 0.3) is 0 Å². The first-order chi connectivity index (χ1) is 9.93. The Morgan fingerprint density at radius 3 is 2.33 bits per heavy atom. The molecule has 21 heavy (non-hydrogen) atoms. The quantitative estimate of drug-likeness (QED) is 0.578. The Bertz CT molecular complexity index is 343. The molecule has 0 aromatic carbocycles. The van der Waals surface area contributed by atoms with Gasteiger partial charge in [-0.3, -0.25) is 24.3 Å². The van der Waals surface area contributed by atoms with E-state index in [9.17, 15) is 9.59 Å². The average Bonchev–Trinajstić information content (AvgIpc) is 2.45. The molecule has 0 aliphatic carbocycles. The van der Waals surface area contributed by atoms with Crippen LogP contribution in [0.25, 0.3) is 0 Å². The zero-order chi connectivity index (χ0) is 15.8. The number of carbonyl (C=O) groups excluding carboxylic acids is 2. The normalized spacial score (nSPS) is 18.7. The van der Waals surface area contributed by atoms with Gasteiger partial charge in [-0.2, -0.15) is 0 Å². The second-order valence-electron chi connectivity index (χ2n) is 5.48. The Morgan fingerprint density at radius 1 is 1.24 bits per heavy atom. The van der Waals surface area contributed by atoms with Gasteiger partial charge in [-0.05, 0) is 20.9 Å². The SMILES string of the molecule is CCOC(=O)CN1CCN(CCN(C)[C@@H](C)C(N)=O)CC1. The van der Waals surface area contributed by atoms with Crippen LogP contribution in [0.2, 0.25) is 0 Å². The number of esters is 1. The third kappa shape index (κ3) is 6.41. The van der Waals surface area contributed by atoms with Crippen LogP contribution in [0.3, 0.4) is 0 Å². The van der Waals surface area contributed by atoms with Crippen LogP contribution in [0.15, 0.2) is 0 Å². The fraction of sp³-hybridized carbons (Fsp3) is 0.857. The zero-order valence-corrected chi connectivity index (χ0v) is 13.4. The topological polar surface area (TPSA) is 79.1 Å². The number of ether oxygens (including phenoxy) is 1. The highest BCUT2D eigenvalue weighted by Crippen LogP contribution is 2.03. The fourth-order valence-corrected chi connectivity index (χ4v) is 2.27. The maximum Gasteiger partial charge on any atom is 0.320 e. The Balaban J connectivity index is 2.21. The molecule has 1 aliphatic rings. The van der Waals surface area contributed by atoms with Gasteiger partial charge < -0.3 is 10.5 Å². The lowest BCUT2D eigenvalue weighted by atomic mass is 10.2. The van der Waals surface area contributed by atoms with Crippen molar-refractivity contribution in [3.05, 3.63) is 0 Å².